The maximum atomic E-state index is 12.4. The van der Waals surface area contributed by atoms with Gasteiger partial charge in [0, 0.05) is 23.9 Å². The molecule has 0 bridgehead atoms. The maximum absolute atomic E-state index is 12.4. The standard InChI is InChI=1S/C16H14N2O5/c1-18(13-8-6-10(7-9-13)14(19)17-23)15(20)11-2-4-12(5-3-11)16(21)22/h2-9,23H,1H3,(H,17,19)(H,21,22). The zero-order valence-corrected chi connectivity index (χ0v) is 12.2. The van der Waals surface area contributed by atoms with Crippen LogP contribution in [0.1, 0.15) is 31.1 Å². The third kappa shape index (κ3) is 3.53. The molecule has 0 aliphatic rings. The lowest BCUT2D eigenvalue weighted by atomic mass is 10.1. The van der Waals surface area contributed by atoms with Crippen LogP contribution in [0.2, 0.25) is 0 Å². The Kier molecular flexibility index (Phi) is 4.72. The number of hydroxylamine groups is 1. The Labute approximate surface area is 131 Å². The van der Waals surface area contributed by atoms with Gasteiger partial charge in [-0.25, -0.2) is 10.3 Å². The number of carboxylic acids is 1. The Morgan fingerprint density at radius 2 is 1.35 bits per heavy atom. The molecule has 7 heteroatoms. The number of rotatable bonds is 4. The molecule has 0 aliphatic heterocycles. The molecule has 0 spiro atoms. The molecule has 2 rings (SSSR count). The molecule has 0 aliphatic carbocycles. The molecule has 0 fully saturated rings. The summed E-state index contributed by atoms with van der Waals surface area (Å²) in [5.74, 6) is -2.02. The van der Waals surface area contributed by atoms with Crippen LogP contribution in [-0.2, 0) is 0 Å². The molecule has 2 amide bonds. The number of nitrogens with zero attached hydrogens (tertiary/aromatic N) is 1. The smallest absolute Gasteiger partial charge is 0.335 e. The van der Waals surface area contributed by atoms with Crippen molar-refractivity contribution in [1.82, 2.24) is 5.48 Å². The van der Waals surface area contributed by atoms with Crippen molar-refractivity contribution in [3.05, 3.63) is 65.2 Å². The number of aromatic carboxylic acids is 1. The van der Waals surface area contributed by atoms with Crippen molar-refractivity contribution in [1.29, 1.82) is 0 Å². The van der Waals surface area contributed by atoms with Gasteiger partial charge in [0.15, 0.2) is 0 Å². The zero-order chi connectivity index (χ0) is 17.0. The number of benzene rings is 2. The van der Waals surface area contributed by atoms with E-state index in [0.717, 1.165) is 0 Å². The topological polar surface area (TPSA) is 107 Å². The summed E-state index contributed by atoms with van der Waals surface area (Å²) in [4.78, 5) is 35.8. The number of hydrogen-bond donors (Lipinski definition) is 3. The second-order valence-corrected chi connectivity index (χ2v) is 4.73. The molecule has 2 aromatic rings. The van der Waals surface area contributed by atoms with Crippen LogP contribution in [0.4, 0.5) is 5.69 Å². The Balaban J connectivity index is 2.18. The molecule has 23 heavy (non-hydrogen) atoms. The highest BCUT2D eigenvalue weighted by Crippen LogP contribution is 2.17. The van der Waals surface area contributed by atoms with Crippen LogP contribution in [0.3, 0.4) is 0 Å². The summed E-state index contributed by atoms with van der Waals surface area (Å²) in [5, 5.41) is 17.4. The lowest BCUT2D eigenvalue weighted by Crippen LogP contribution is -2.26. The van der Waals surface area contributed by atoms with Crippen LogP contribution in [0, 0.1) is 0 Å². The molecule has 3 N–H and O–H groups in total. The first kappa shape index (κ1) is 16.2. The van der Waals surface area contributed by atoms with Gasteiger partial charge in [-0.15, -0.1) is 0 Å². The molecule has 118 valence electrons. The SMILES string of the molecule is CN(C(=O)c1ccc(C(=O)O)cc1)c1ccc(C(=O)NO)cc1. The first-order valence-electron chi connectivity index (χ1n) is 6.60. The fraction of sp³-hybridized carbons (Fsp3) is 0.0625. The number of carbonyl (C=O) groups excluding carboxylic acids is 2. The molecule has 0 saturated carbocycles. The minimum absolute atomic E-state index is 0.101. The first-order chi connectivity index (χ1) is 10.9. The average molecular weight is 314 g/mol. The molecule has 0 unspecified atom stereocenters. The van der Waals surface area contributed by atoms with Gasteiger partial charge >= 0.3 is 5.97 Å². The van der Waals surface area contributed by atoms with Gasteiger partial charge in [-0.1, -0.05) is 0 Å². The van der Waals surface area contributed by atoms with Crippen molar-refractivity contribution in [2.24, 2.45) is 0 Å². The summed E-state index contributed by atoms with van der Waals surface area (Å²) in [6.45, 7) is 0. The van der Waals surface area contributed by atoms with Gasteiger partial charge in [0.05, 0.1) is 5.56 Å². The second kappa shape index (κ2) is 6.71. The van der Waals surface area contributed by atoms with Crippen LogP contribution in [0.5, 0.6) is 0 Å². The zero-order valence-electron chi connectivity index (χ0n) is 12.2. The van der Waals surface area contributed by atoms with E-state index in [2.05, 4.69) is 0 Å². The van der Waals surface area contributed by atoms with Crippen LogP contribution in [0.15, 0.2) is 48.5 Å². The van der Waals surface area contributed by atoms with Gasteiger partial charge in [0.25, 0.3) is 11.8 Å². The highest BCUT2D eigenvalue weighted by molar-refractivity contribution is 6.06. The third-order valence-corrected chi connectivity index (χ3v) is 3.30. The van der Waals surface area contributed by atoms with Crippen molar-refractivity contribution in [3.63, 3.8) is 0 Å². The fourth-order valence-corrected chi connectivity index (χ4v) is 1.97. The van der Waals surface area contributed by atoms with E-state index in [4.69, 9.17) is 10.3 Å². The molecule has 0 heterocycles. The van der Waals surface area contributed by atoms with Gasteiger partial charge in [-0.05, 0) is 48.5 Å². The van der Waals surface area contributed by atoms with E-state index >= 15 is 0 Å². The molecular formula is C16H14N2O5. The summed E-state index contributed by atoms with van der Waals surface area (Å²) in [5.41, 5.74) is 2.77. The molecule has 2 aromatic carbocycles. The van der Waals surface area contributed by atoms with Gasteiger partial charge in [0.1, 0.15) is 0 Å². The largest absolute Gasteiger partial charge is 0.478 e. The summed E-state index contributed by atoms with van der Waals surface area (Å²) >= 11 is 0. The molecule has 0 radical (unpaired) electrons. The van der Waals surface area contributed by atoms with Crippen LogP contribution >= 0.6 is 0 Å². The number of carbonyl (C=O) groups is 3. The number of carboxylic acid groups (broad SMARTS) is 1. The highest BCUT2D eigenvalue weighted by Gasteiger charge is 2.15. The Morgan fingerprint density at radius 3 is 1.83 bits per heavy atom. The maximum Gasteiger partial charge on any atom is 0.335 e. The first-order valence-corrected chi connectivity index (χ1v) is 6.60. The van der Waals surface area contributed by atoms with Crippen molar-refractivity contribution in [2.75, 3.05) is 11.9 Å². The van der Waals surface area contributed by atoms with Gasteiger partial charge < -0.3 is 10.0 Å². The number of anilines is 1. The summed E-state index contributed by atoms with van der Waals surface area (Å²) < 4.78 is 0. The number of hydrogen-bond acceptors (Lipinski definition) is 4. The van der Waals surface area contributed by atoms with E-state index in [0.29, 0.717) is 11.3 Å². The quantitative estimate of drug-likeness (QED) is 0.589. The monoisotopic (exact) mass is 314 g/mol. The normalized spacial score (nSPS) is 10.0. The highest BCUT2D eigenvalue weighted by atomic mass is 16.5. The van der Waals surface area contributed by atoms with Crippen LogP contribution < -0.4 is 10.4 Å². The molecule has 0 saturated heterocycles. The van der Waals surface area contributed by atoms with Gasteiger partial charge in [-0.2, -0.15) is 0 Å². The lowest BCUT2D eigenvalue weighted by molar-refractivity contribution is 0.0693. The molecule has 0 atom stereocenters. The van der Waals surface area contributed by atoms with Gasteiger partial charge in [-0.3, -0.25) is 14.8 Å². The van der Waals surface area contributed by atoms with E-state index in [1.54, 1.807) is 19.2 Å². The number of nitrogens with one attached hydrogen (secondary N) is 1. The van der Waals surface area contributed by atoms with Gasteiger partial charge in [0.2, 0.25) is 0 Å². The van der Waals surface area contributed by atoms with Crippen molar-refractivity contribution < 1.29 is 24.7 Å². The summed E-state index contributed by atoms with van der Waals surface area (Å²) in [6.07, 6.45) is 0. The Hall–Kier alpha value is -3.19. The average Bonchev–Trinajstić information content (AvgIpc) is 2.60. The molecule has 7 nitrogen and oxygen atoms in total. The predicted octanol–water partition coefficient (Wildman–Crippen LogP) is 1.78. The Morgan fingerprint density at radius 1 is 0.870 bits per heavy atom. The molecule has 0 aromatic heterocycles. The lowest BCUT2D eigenvalue weighted by Gasteiger charge is -2.17. The second-order valence-electron chi connectivity index (χ2n) is 4.73. The summed E-state index contributed by atoms with van der Waals surface area (Å²) in [7, 11) is 1.56. The fourth-order valence-electron chi connectivity index (χ4n) is 1.97. The van der Waals surface area contributed by atoms with Crippen LogP contribution in [0.25, 0.3) is 0 Å². The predicted molar refractivity (Wildman–Crippen MR) is 81.8 cm³/mol. The van der Waals surface area contributed by atoms with E-state index in [-0.39, 0.29) is 17.0 Å². The van der Waals surface area contributed by atoms with E-state index < -0.39 is 11.9 Å². The number of amides is 2. The Bertz CT molecular complexity index is 738. The third-order valence-electron chi connectivity index (χ3n) is 3.30. The van der Waals surface area contributed by atoms with E-state index in [1.165, 1.54) is 46.8 Å². The minimum Gasteiger partial charge on any atom is -0.478 e. The minimum atomic E-state index is -1.06. The van der Waals surface area contributed by atoms with Crippen molar-refractivity contribution in [3.8, 4) is 0 Å². The van der Waals surface area contributed by atoms with Crippen molar-refractivity contribution >= 4 is 23.5 Å². The van der Waals surface area contributed by atoms with Crippen molar-refractivity contribution in [2.45, 2.75) is 0 Å². The van der Waals surface area contributed by atoms with E-state index in [1.807, 2.05) is 0 Å². The van der Waals surface area contributed by atoms with Crippen LogP contribution in [-0.4, -0.2) is 35.1 Å². The van der Waals surface area contributed by atoms with E-state index in [9.17, 15) is 14.4 Å². The summed E-state index contributed by atoms with van der Waals surface area (Å²) in [6, 6.07) is 11.7. The molecular weight excluding hydrogens is 300 g/mol.